The molecule has 0 aliphatic carbocycles. The van der Waals surface area contributed by atoms with Gasteiger partial charge in [0.25, 0.3) is 5.91 Å². The van der Waals surface area contributed by atoms with Crippen LogP contribution in [-0.2, 0) is 0 Å². The minimum Gasteiger partial charge on any atom is -0.493 e. The van der Waals surface area contributed by atoms with Crippen molar-refractivity contribution in [3.05, 3.63) is 82.9 Å². The van der Waals surface area contributed by atoms with Crippen LogP contribution < -0.4 is 19.7 Å². The highest BCUT2D eigenvalue weighted by atomic mass is 35.5. The van der Waals surface area contributed by atoms with Gasteiger partial charge in [-0.05, 0) is 42.5 Å². The lowest BCUT2D eigenvalue weighted by Crippen LogP contribution is -2.43. The summed E-state index contributed by atoms with van der Waals surface area (Å²) in [6.07, 6.45) is -0.478. The zero-order valence-electron chi connectivity index (χ0n) is 15.5. The van der Waals surface area contributed by atoms with Gasteiger partial charge in [0.2, 0.25) is 0 Å². The minimum absolute atomic E-state index is 0.105. The largest absolute Gasteiger partial charge is 0.493 e. The number of nitrogens with one attached hydrogen (secondary N) is 1. The molecular weight excluding hydrogens is 376 g/mol. The fourth-order valence-electron chi connectivity index (χ4n) is 3.47. The third kappa shape index (κ3) is 3.04. The van der Waals surface area contributed by atoms with E-state index < -0.39 is 6.17 Å². The third-order valence-corrected chi connectivity index (χ3v) is 5.01. The lowest BCUT2D eigenvalue weighted by Gasteiger charge is -2.38. The summed E-state index contributed by atoms with van der Waals surface area (Å²) in [6, 6.07) is 20.3. The molecule has 3 aromatic rings. The van der Waals surface area contributed by atoms with E-state index in [9.17, 15) is 4.79 Å². The summed E-state index contributed by atoms with van der Waals surface area (Å²) in [7, 11) is 3.18. The number of methoxy groups -OCH3 is 2. The van der Waals surface area contributed by atoms with E-state index in [2.05, 4.69) is 5.32 Å². The summed E-state index contributed by atoms with van der Waals surface area (Å²) in [4.78, 5) is 15.1. The Morgan fingerprint density at radius 2 is 1.68 bits per heavy atom. The van der Waals surface area contributed by atoms with Gasteiger partial charge < -0.3 is 14.8 Å². The van der Waals surface area contributed by atoms with Crippen molar-refractivity contribution >= 4 is 28.9 Å². The summed E-state index contributed by atoms with van der Waals surface area (Å²) in [5, 5.41) is 4.08. The van der Waals surface area contributed by atoms with Gasteiger partial charge in [-0.2, -0.15) is 0 Å². The molecule has 1 unspecified atom stereocenters. The van der Waals surface area contributed by atoms with Gasteiger partial charge in [0.1, 0.15) is 6.17 Å². The smallest absolute Gasteiger partial charge is 0.262 e. The predicted octanol–water partition coefficient (Wildman–Crippen LogP) is 5.13. The summed E-state index contributed by atoms with van der Waals surface area (Å²) in [5.74, 6) is 1.07. The Balaban J connectivity index is 1.91. The van der Waals surface area contributed by atoms with Gasteiger partial charge in [0.15, 0.2) is 11.5 Å². The van der Waals surface area contributed by atoms with Crippen molar-refractivity contribution in [2.75, 3.05) is 24.4 Å². The van der Waals surface area contributed by atoms with Crippen LogP contribution in [0.25, 0.3) is 0 Å². The molecule has 1 N–H and O–H groups in total. The molecule has 5 nitrogen and oxygen atoms in total. The van der Waals surface area contributed by atoms with Crippen LogP contribution in [0.15, 0.2) is 66.7 Å². The van der Waals surface area contributed by atoms with E-state index in [1.54, 1.807) is 31.3 Å². The lowest BCUT2D eigenvalue weighted by atomic mass is 10.0. The number of anilines is 2. The maximum absolute atomic E-state index is 13.4. The quantitative estimate of drug-likeness (QED) is 0.666. The SMILES string of the molecule is COc1cccc(C2Nc3ccccc3C(=O)N2c2ccc(Cl)cc2)c1OC. The van der Waals surface area contributed by atoms with Crippen molar-refractivity contribution < 1.29 is 14.3 Å². The maximum atomic E-state index is 13.4. The number of rotatable bonds is 4. The molecule has 0 saturated heterocycles. The second-order valence-corrected chi connectivity index (χ2v) is 6.76. The number of amides is 1. The van der Waals surface area contributed by atoms with Crippen LogP contribution in [-0.4, -0.2) is 20.1 Å². The van der Waals surface area contributed by atoms with Crippen molar-refractivity contribution in [1.82, 2.24) is 0 Å². The van der Waals surface area contributed by atoms with Crippen molar-refractivity contribution in [3.63, 3.8) is 0 Å². The van der Waals surface area contributed by atoms with E-state index in [4.69, 9.17) is 21.1 Å². The van der Waals surface area contributed by atoms with Crippen LogP contribution in [0, 0.1) is 0 Å². The van der Waals surface area contributed by atoms with Crippen LogP contribution >= 0.6 is 11.6 Å². The highest BCUT2D eigenvalue weighted by Crippen LogP contribution is 2.42. The molecule has 0 saturated carbocycles. The van der Waals surface area contributed by atoms with Crippen molar-refractivity contribution in [3.8, 4) is 11.5 Å². The summed E-state index contributed by atoms with van der Waals surface area (Å²) < 4.78 is 11.1. The molecule has 0 fully saturated rings. The minimum atomic E-state index is -0.478. The number of halogens is 1. The third-order valence-electron chi connectivity index (χ3n) is 4.76. The number of hydrogen-bond donors (Lipinski definition) is 1. The second kappa shape index (κ2) is 7.44. The van der Waals surface area contributed by atoms with E-state index in [0.29, 0.717) is 22.1 Å². The molecule has 1 heterocycles. The molecule has 1 amide bonds. The molecule has 0 bridgehead atoms. The van der Waals surface area contributed by atoms with Crippen molar-refractivity contribution in [2.45, 2.75) is 6.17 Å². The molecule has 28 heavy (non-hydrogen) atoms. The molecule has 1 aliphatic rings. The number of carbonyl (C=O) groups is 1. The molecule has 6 heteroatoms. The standard InChI is InChI=1S/C22H19ClN2O3/c1-27-19-9-5-7-17(20(19)28-2)21-24-18-8-4-3-6-16(18)22(26)25(21)15-12-10-14(23)11-13-15/h3-13,21,24H,1-2H3. The van der Waals surface area contributed by atoms with E-state index >= 15 is 0 Å². The van der Waals surface area contributed by atoms with Crippen LogP contribution in [0.1, 0.15) is 22.1 Å². The fourth-order valence-corrected chi connectivity index (χ4v) is 3.59. The molecule has 0 spiro atoms. The average Bonchev–Trinajstić information content (AvgIpc) is 2.74. The first-order chi connectivity index (χ1) is 13.6. The van der Waals surface area contributed by atoms with E-state index in [-0.39, 0.29) is 5.91 Å². The summed E-state index contributed by atoms with van der Waals surface area (Å²) >= 11 is 6.05. The number of carbonyl (C=O) groups excluding carboxylic acids is 1. The lowest BCUT2D eigenvalue weighted by molar-refractivity contribution is 0.0974. The summed E-state index contributed by atoms with van der Waals surface area (Å²) in [5.41, 5.74) is 2.90. The number of para-hydroxylation sites is 2. The Kier molecular flexibility index (Phi) is 4.84. The molecule has 1 aliphatic heterocycles. The molecule has 142 valence electrons. The Bertz CT molecular complexity index is 1020. The molecule has 3 aromatic carbocycles. The van der Waals surface area contributed by atoms with Gasteiger partial charge in [-0.15, -0.1) is 0 Å². The first-order valence-corrected chi connectivity index (χ1v) is 9.17. The molecular formula is C22H19ClN2O3. The number of ether oxygens (including phenoxy) is 2. The first-order valence-electron chi connectivity index (χ1n) is 8.79. The summed E-state index contributed by atoms with van der Waals surface area (Å²) in [6.45, 7) is 0. The Morgan fingerprint density at radius 1 is 0.929 bits per heavy atom. The monoisotopic (exact) mass is 394 g/mol. The van der Waals surface area contributed by atoms with Crippen LogP contribution in [0.2, 0.25) is 5.02 Å². The van der Waals surface area contributed by atoms with E-state index in [1.165, 1.54) is 0 Å². The number of hydrogen-bond acceptors (Lipinski definition) is 4. The Morgan fingerprint density at radius 3 is 2.39 bits per heavy atom. The predicted molar refractivity (Wildman–Crippen MR) is 111 cm³/mol. The van der Waals surface area contributed by atoms with Crippen LogP contribution in [0.4, 0.5) is 11.4 Å². The fraction of sp³-hybridized carbons (Fsp3) is 0.136. The van der Waals surface area contributed by atoms with E-state index in [1.807, 2.05) is 54.6 Å². The van der Waals surface area contributed by atoms with Gasteiger partial charge in [-0.25, -0.2) is 0 Å². The normalized spacial score (nSPS) is 15.6. The van der Waals surface area contributed by atoms with Crippen LogP contribution in [0.3, 0.4) is 0 Å². The van der Waals surface area contributed by atoms with Crippen molar-refractivity contribution in [1.29, 1.82) is 0 Å². The highest BCUT2D eigenvalue weighted by molar-refractivity contribution is 6.30. The number of benzene rings is 3. The maximum Gasteiger partial charge on any atom is 0.262 e. The molecule has 1 atom stereocenters. The topological polar surface area (TPSA) is 50.8 Å². The second-order valence-electron chi connectivity index (χ2n) is 6.33. The molecule has 0 aromatic heterocycles. The number of fused-ring (bicyclic) bond motifs is 1. The van der Waals surface area contributed by atoms with Gasteiger partial charge in [-0.3, -0.25) is 9.69 Å². The van der Waals surface area contributed by atoms with Gasteiger partial charge in [0, 0.05) is 22.0 Å². The van der Waals surface area contributed by atoms with Gasteiger partial charge in [0.05, 0.1) is 19.8 Å². The highest BCUT2D eigenvalue weighted by Gasteiger charge is 2.36. The zero-order valence-corrected chi connectivity index (χ0v) is 16.2. The zero-order chi connectivity index (χ0) is 19.7. The van der Waals surface area contributed by atoms with Gasteiger partial charge in [-0.1, -0.05) is 35.9 Å². The Hall–Kier alpha value is -3.18. The first kappa shape index (κ1) is 18.2. The van der Waals surface area contributed by atoms with Crippen molar-refractivity contribution in [2.24, 2.45) is 0 Å². The Labute approximate surface area is 168 Å². The van der Waals surface area contributed by atoms with E-state index in [0.717, 1.165) is 16.9 Å². The van der Waals surface area contributed by atoms with Gasteiger partial charge >= 0.3 is 0 Å². The number of nitrogens with zero attached hydrogens (tertiary/aromatic N) is 1. The molecule has 0 radical (unpaired) electrons. The molecule has 4 rings (SSSR count). The average molecular weight is 395 g/mol. The van der Waals surface area contributed by atoms with Crippen LogP contribution in [0.5, 0.6) is 11.5 Å².